The number of rotatable bonds is 7. The summed E-state index contributed by atoms with van der Waals surface area (Å²) in [5.74, 6) is -1.62. The second-order valence-electron chi connectivity index (χ2n) is 6.91. The highest BCUT2D eigenvalue weighted by Gasteiger charge is 2.26. The molecule has 0 aliphatic carbocycles. The van der Waals surface area contributed by atoms with Crippen LogP contribution in [0.4, 0.5) is 4.79 Å². The highest BCUT2D eigenvalue weighted by Crippen LogP contribution is 2.23. The summed E-state index contributed by atoms with van der Waals surface area (Å²) in [7, 11) is 0. The van der Waals surface area contributed by atoms with Gasteiger partial charge < -0.3 is 4.74 Å². The van der Waals surface area contributed by atoms with Crippen molar-refractivity contribution in [1.29, 1.82) is 0 Å². The Morgan fingerprint density at radius 3 is 2.57 bits per heavy atom. The zero-order chi connectivity index (χ0) is 24.8. The van der Waals surface area contributed by atoms with Crippen LogP contribution in [-0.4, -0.2) is 43.6 Å². The van der Waals surface area contributed by atoms with Gasteiger partial charge in [0.05, 0.1) is 11.1 Å². The van der Waals surface area contributed by atoms with E-state index in [4.69, 9.17) is 17.0 Å². The van der Waals surface area contributed by atoms with Gasteiger partial charge in [-0.25, -0.2) is 14.9 Å². The molecule has 11 nitrogen and oxygen atoms in total. The molecule has 1 aliphatic rings. The fraction of sp³-hybridized carbons (Fsp3) is 0.0455. The Labute approximate surface area is 207 Å². The molecule has 35 heavy (non-hydrogen) atoms. The molecule has 1 aliphatic heterocycles. The van der Waals surface area contributed by atoms with Gasteiger partial charge in [-0.1, -0.05) is 18.2 Å². The molecule has 176 valence electrons. The van der Waals surface area contributed by atoms with Crippen molar-refractivity contribution in [2.75, 3.05) is 0 Å². The van der Waals surface area contributed by atoms with E-state index in [1.807, 2.05) is 35.6 Å². The molecule has 0 radical (unpaired) electrons. The fourth-order valence-corrected chi connectivity index (χ4v) is 3.76. The van der Waals surface area contributed by atoms with Crippen LogP contribution in [-0.2, 0) is 20.9 Å². The van der Waals surface area contributed by atoms with Gasteiger partial charge in [-0.15, -0.1) is 0 Å². The van der Waals surface area contributed by atoms with Crippen LogP contribution < -0.4 is 15.5 Å². The number of benzene rings is 2. The Morgan fingerprint density at radius 2 is 1.89 bits per heavy atom. The summed E-state index contributed by atoms with van der Waals surface area (Å²) in [6.07, 6.45) is 3.91. The summed E-state index contributed by atoms with van der Waals surface area (Å²) in [6.45, 7) is -0.109. The van der Waals surface area contributed by atoms with E-state index in [0.29, 0.717) is 22.1 Å². The Balaban J connectivity index is 1.29. The number of amides is 3. The molecule has 13 heteroatoms. The zero-order valence-electron chi connectivity index (χ0n) is 17.8. The Morgan fingerprint density at radius 1 is 1.14 bits per heavy atom. The number of carbonyl (C=O) groups excluding carboxylic acids is 4. The number of imide groups is 1. The van der Waals surface area contributed by atoms with Gasteiger partial charge in [0.1, 0.15) is 18.6 Å². The lowest BCUT2D eigenvalue weighted by Crippen LogP contribution is -2.24. The molecule has 3 aromatic rings. The van der Waals surface area contributed by atoms with Crippen LogP contribution >= 0.6 is 24.0 Å². The van der Waals surface area contributed by atoms with Crippen molar-refractivity contribution in [3.8, 4) is 11.4 Å². The number of esters is 1. The number of thioether (sulfide) groups is 1. The first-order valence-corrected chi connectivity index (χ1v) is 11.2. The number of hydrogen-bond acceptors (Lipinski definition) is 9. The van der Waals surface area contributed by atoms with Crippen molar-refractivity contribution in [3.05, 3.63) is 82.2 Å². The summed E-state index contributed by atoms with van der Waals surface area (Å²) >= 11 is 6.00. The summed E-state index contributed by atoms with van der Waals surface area (Å²) in [5, 5.41) is 9.55. The van der Waals surface area contributed by atoms with Crippen molar-refractivity contribution in [2.45, 2.75) is 6.54 Å². The minimum absolute atomic E-state index is 0.0346. The molecule has 3 amide bonds. The number of nitrogens with one attached hydrogen (secondary N) is 2. The van der Waals surface area contributed by atoms with Gasteiger partial charge in [0, 0.05) is 11.8 Å². The highest BCUT2D eigenvalue weighted by molar-refractivity contribution is 8.18. The van der Waals surface area contributed by atoms with Gasteiger partial charge >= 0.3 is 5.97 Å². The fourth-order valence-electron chi connectivity index (χ4n) is 2.86. The van der Waals surface area contributed by atoms with Crippen LogP contribution in [0.5, 0.6) is 5.75 Å². The van der Waals surface area contributed by atoms with Gasteiger partial charge in [-0.2, -0.15) is 10.2 Å². The van der Waals surface area contributed by atoms with Gasteiger partial charge in [0.25, 0.3) is 17.1 Å². The maximum atomic E-state index is 12.2. The predicted octanol–water partition coefficient (Wildman–Crippen LogP) is 2.33. The number of aromatic nitrogens is 3. The summed E-state index contributed by atoms with van der Waals surface area (Å²) < 4.78 is 8.56. The van der Waals surface area contributed by atoms with Crippen molar-refractivity contribution in [2.24, 2.45) is 5.10 Å². The van der Waals surface area contributed by atoms with Crippen LogP contribution in [0.25, 0.3) is 5.69 Å². The first-order valence-electron chi connectivity index (χ1n) is 9.97. The molecular weight excluding hydrogens is 492 g/mol. The minimum atomic E-state index is -0.792. The van der Waals surface area contributed by atoms with E-state index < -0.39 is 23.0 Å². The third-order valence-electron chi connectivity index (χ3n) is 4.45. The van der Waals surface area contributed by atoms with Gasteiger partial charge in [-0.3, -0.25) is 24.3 Å². The van der Waals surface area contributed by atoms with Crippen LogP contribution in [0.3, 0.4) is 0 Å². The molecule has 1 aromatic heterocycles. The van der Waals surface area contributed by atoms with Gasteiger partial charge in [0.2, 0.25) is 4.77 Å². The minimum Gasteiger partial charge on any atom is -0.423 e. The molecule has 2 aromatic carbocycles. The third-order valence-corrected chi connectivity index (χ3v) is 5.67. The van der Waals surface area contributed by atoms with E-state index in [1.54, 1.807) is 23.0 Å². The molecule has 0 bridgehead atoms. The molecule has 2 N–H and O–H groups in total. The molecule has 4 rings (SSSR count). The largest absolute Gasteiger partial charge is 0.423 e. The Hall–Kier alpha value is -4.36. The van der Waals surface area contributed by atoms with Crippen LogP contribution in [0, 0.1) is 4.77 Å². The average molecular weight is 509 g/mol. The van der Waals surface area contributed by atoms with Crippen molar-refractivity contribution in [3.63, 3.8) is 0 Å². The molecule has 0 atom stereocenters. The highest BCUT2D eigenvalue weighted by atomic mass is 32.2. The molecular formula is C22H16N6O5S2. The average Bonchev–Trinajstić information content (AvgIpc) is 3.35. The predicted molar refractivity (Wildman–Crippen MR) is 129 cm³/mol. The first-order chi connectivity index (χ1) is 16.9. The first kappa shape index (κ1) is 23.8. The third kappa shape index (κ3) is 6.16. The standard InChI is InChI=1S/C22H16N6O5S2/c29-18(12-28-22(34)27(13-24-28)15-4-2-1-3-5-15)26-23-11-14-6-8-16(9-7-14)33-19(30)10-17-20(31)25-21(32)35-17/h1-11,13H,12H2,(H,26,29)(H,25,31,32). The number of ether oxygens (including phenoxy) is 1. The molecule has 2 heterocycles. The number of nitrogens with zero attached hydrogens (tertiary/aromatic N) is 4. The van der Waals surface area contributed by atoms with Gasteiger partial charge in [-0.05, 0) is 65.9 Å². The smallest absolute Gasteiger partial charge is 0.337 e. The Bertz CT molecular complexity index is 1410. The molecule has 1 fully saturated rings. The monoisotopic (exact) mass is 508 g/mol. The second-order valence-corrected chi connectivity index (χ2v) is 8.29. The van der Waals surface area contributed by atoms with E-state index in [9.17, 15) is 19.2 Å². The van der Waals surface area contributed by atoms with E-state index in [2.05, 4.69) is 15.6 Å². The molecule has 0 spiro atoms. The van der Waals surface area contributed by atoms with E-state index in [-0.39, 0.29) is 17.2 Å². The summed E-state index contributed by atoms with van der Waals surface area (Å²) in [4.78, 5) is 46.7. The SMILES string of the molecule is O=C(Cn1ncn(-c2ccccc2)c1=S)NN=Cc1ccc(OC(=O)C=C2SC(=O)NC2=O)cc1. The van der Waals surface area contributed by atoms with E-state index in [1.165, 1.54) is 23.0 Å². The summed E-state index contributed by atoms with van der Waals surface area (Å²) in [6, 6.07) is 15.7. The van der Waals surface area contributed by atoms with Crippen LogP contribution in [0.2, 0.25) is 0 Å². The lowest BCUT2D eigenvalue weighted by molar-refractivity contribution is -0.129. The number of para-hydroxylation sites is 1. The Kier molecular flexibility index (Phi) is 7.28. The number of hydrazone groups is 1. The van der Waals surface area contributed by atoms with Crippen molar-refractivity contribution in [1.82, 2.24) is 25.1 Å². The second kappa shape index (κ2) is 10.7. The molecule has 1 saturated heterocycles. The van der Waals surface area contributed by atoms with Gasteiger partial charge in [0.15, 0.2) is 0 Å². The van der Waals surface area contributed by atoms with E-state index in [0.717, 1.165) is 11.8 Å². The normalized spacial score (nSPS) is 14.3. The summed E-state index contributed by atoms with van der Waals surface area (Å²) in [5.41, 5.74) is 3.87. The lowest BCUT2D eigenvalue weighted by atomic mass is 10.2. The van der Waals surface area contributed by atoms with Crippen molar-refractivity contribution < 1.29 is 23.9 Å². The number of carbonyl (C=O) groups is 4. The molecule has 0 unspecified atom stereocenters. The van der Waals surface area contributed by atoms with Crippen LogP contribution in [0.15, 0.2) is 77.0 Å². The van der Waals surface area contributed by atoms with Crippen LogP contribution in [0.1, 0.15) is 5.56 Å². The maximum Gasteiger partial charge on any atom is 0.337 e. The topological polar surface area (TPSA) is 137 Å². The van der Waals surface area contributed by atoms with Crippen molar-refractivity contribution >= 4 is 53.2 Å². The maximum absolute atomic E-state index is 12.2. The zero-order valence-corrected chi connectivity index (χ0v) is 19.4. The number of hydrogen-bond donors (Lipinski definition) is 2. The molecule has 0 saturated carbocycles. The van der Waals surface area contributed by atoms with E-state index >= 15 is 0 Å². The quantitative estimate of drug-likeness (QED) is 0.124. The lowest BCUT2D eigenvalue weighted by Gasteiger charge is -2.03.